The summed E-state index contributed by atoms with van der Waals surface area (Å²) in [6.45, 7) is 4.27. The highest BCUT2D eigenvalue weighted by molar-refractivity contribution is 6.11. The van der Waals surface area contributed by atoms with Crippen molar-refractivity contribution in [3.63, 3.8) is 0 Å². The number of carboxylic acids is 1. The van der Waals surface area contributed by atoms with E-state index in [0.717, 1.165) is 34.8 Å². The number of aromatic nitrogens is 1. The molecule has 0 saturated heterocycles. The van der Waals surface area contributed by atoms with E-state index in [0.29, 0.717) is 24.7 Å². The maximum Gasteiger partial charge on any atom is 0.320 e. The van der Waals surface area contributed by atoms with Crippen LogP contribution in [0, 0.1) is 17.6 Å². The molecule has 1 aromatic heterocycles. The van der Waals surface area contributed by atoms with Crippen LogP contribution in [0.5, 0.6) is 0 Å². The van der Waals surface area contributed by atoms with Crippen LogP contribution >= 0.6 is 0 Å². The first-order valence-electron chi connectivity index (χ1n) is 11.2. The van der Waals surface area contributed by atoms with Gasteiger partial charge in [-0.15, -0.1) is 0 Å². The molecule has 184 valence electrons. The highest BCUT2D eigenvalue weighted by Crippen LogP contribution is 2.21. The molecule has 3 rings (SSSR count). The van der Waals surface area contributed by atoms with Crippen LogP contribution in [0.1, 0.15) is 41.8 Å². The third-order valence-electron chi connectivity index (χ3n) is 6.00. The Kier molecular flexibility index (Phi) is 8.14. The lowest BCUT2D eigenvalue weighted by Gasteiger charge is -2.20. The van der Waals surface area contributed by atoms with E-state index in [-0.39, 0.29) is 22.9 Å². The molecule has 2 atom stereocenters. The first-order chi connectivity index (χ1) is 16.6. The quantitative estimate of drug-likeness (QED) is 0.380. The predicted octanol–water partition coefficient (Wildman–Crippen LogP) is 3.56. The van der Waals surface area contributed by atoms with Crippen molar-refractivity contribution in [3.05, 3.63) is 93.3 Å². The van der Waals surface area contributed by atoms with Gasteiger partial charge in [0.2, 0.25) is 0 Å². The average Bonchev–Trinajstić information content (AvgIpc) is 2.82. The number of rotatable bonds is 10. The molecule has 0 aliphatic carbocycles. The largest absolute Gasteiger partial charge is 0.480 e. The molecule has 0 amide bonds. The number of hydrogen-bond acceptors (Lipinski definition) is 5. The first-order valence-corrected chi connectivity index (χ1v) is 11.2. The van der Waals surface area contributed by atoms with E-state index >= 15 is 0 Å². The van der Waals surface area contributed by atoms with Crippen LogP contribution in [0.25, 0.3) is 5.69 Å². The molecule has 0 aliphatic heterocycles. The molecule has 35 heavy (non-hydrogen) atoms. The molecular weight excluding hydrogens is 456 g/mol. The smallest absolute Gasteiger partial charge is 0.320 e. The third-order valence-corrected chi connectivity index (χ3v) is 6.00. The summed E-state index contributed by atoms with van der Waals surface area (Å²) in [7, 11) is 0. The van der Waals surface area contributed by atoms with Crippen LogP contribution in [-0.4, -0.2) is 34.0 Å². The Balaban J connectivity index is 1.81. The van der Waals surface area contributed by atoms with E-state index in [4.69, 9.17) is 5.73 Å². The molecule has 0 aliphatic rings. The minimum Gasteiger partial charge on any atom is -0.480 e. The number of pyridine rings is 1. The van der Waals surface area contributed by atoms with Crippen LogP contribution in [0.2, 0.25) is 0 Å². The van der Waals surface area contributed by atoms with Gasteiger partial charge in [0.15, 0.2) is 5.78 Å². The zero-order valence-electron chi connectivity index (χ0n) is 19.4. The molecule has 4 N–H and O–H groups in total. The Bertz CT molecular complexity index is 1290. The molecule has 0 unspecified atom stereocenters. The standard InChI is InChI=1S/C26H27F2N3O4/c1-3-15(2)23(26(34)35)30-13-12-16-4-7-18(8-5-16)31-22(32)11-10-20(25(31)29)24(33)19-9-6-17(27)14-21(19)28/h4-11,14-15,23,30H,3,12-13,29H2,1-2H3,(H,34,35)/t15-,23-/m0/s1. The number of ketones is 1. The van der Waals surface area contributed by atoms with Gasteiger partial charge < -0.3 is 16.2 Å². The molecule has 0 fully saturated rings. The number of nitrogen functional groups attached to an aromatic ring is 1. The zero-order chi connectivity index (χ0) is 25.7. The van der Waals surface area contributed by atoms with E-state index in [1.54, 1.807) is 24.3 Å². The topological polar surface area (TPSA) is 114 Å². The summed E-state index contributed by atoms with van der Waals surface area (Å²) in [5.41, 5.74) is 6.52. The van der Waals surface area contributed by atoms with Crippen molar-refractivity contribution >= 4 is 17.6 Å². The first kappa shape index (κ1) is 25.8. The van der Waals surface area contributed by atoms with Gasteiger partial charge in [0.25, 0.3) is 5.56 Å². The fourth-order valence-corrected chi connectivity index (χ4v) is 3.78. The van der Waals surface area contributed by atoms with Crippen molar-refractivity contribution in [2.45, 2.75) is 32.7 Å². The number of carbonyl (C=O) groups is 2. The van der Waals surface area contributed by atoms with Crippen LogP contribution in [0.4, 0.5) is 14.6 Å². The van der Waals surface area contributed by atoms with Crippen molar-refractivity contribution in [3.8, 4) is 5.69 Å². The maximum absolute atomic E-state index is 14.1. The number of benzene rings is 2. The average molecular weight is 484 g/mol. The number of nitrogens with two attached hydrogens (primary N) is 1. The molecule has 0 spiro atoms. The van der Waals surface area contributed by atoms with Crippen LogP contribution in [0.15, 0.2) is 59.4 Å². The Hall–Kier alpha value is -3.85. The lowest BCUT2D eigenvalue weighted by atomic mass is 9.99. The molecule has 0 bridgehead atoms. The van der Waals surface area contributed by atoms with Gasteiger partial charge in [-0.1, -0.05) is 32.4 Å². The van der Waals surface area contributed by atoms with Gasteiger partial charge >= 0.3 is 5.97 Å². The van der Waals surface area contributed by atoms with Gasteiger partial charge in [0, 0.05) is 12.1 Å². The van der Waals surface area contributed by atoms with Gasteiger partial charge in [-0.25, -0.2) is 8.78 Å². The van der Waals surface area contributed by atoms with Crippen LogP contribution in [-0.2, 0) is 11.2 Å². The molecule has 7 nitrogen and oxygen atoms in total. The zero-order valence-corrected chi connectivity index (χ0v) is 19.4. The molecule has 0 saturated carbocycles. The Morgan fingerprint density at radius 3 is 2.31 bits per heavy atom. The highest BCUT2D eigenvalue weighted by atomic mass is 19.1. The monoisotopic (exact) mass is 483 g/mol. The number of aliphatic carboxylic acids is 1. The second-order valence-electron chi connectivity index (χ2n) is 8.33. The number of anilines is 1. The third kappa shape index (κ3) is 5.81. The Morgan fingerprint density at radius 1 is 1.06 bits per heavy atom. The van der Waals surface area contributed by atoms with Crippen molar-refractivity contribution in [2.75, 3.05) is 12.3 Å². The van der Waals surface area contributed by atoms with Crippen molar-refractivity contribution in [2.24, 2.45) is 5.92 Å². The lowest BCUT2D eigenvalue weighted by Crippen LogP contribution is -2.42. The molecule has 9 heteroatoms. The van der Waals surface area contributed by atoms with Crippen molar-refractivity contribution in [1.82, 2.24) is 9.88 Å². The van der Waals surface area contributed by atoms with Crippen LogP contribution < -0.4 is 16.6 Å². The summed E-state index contributed by atoms with van der Waals surface area (Å²) in [6.07, 6.45) is 1.30. The molecule has 2 aromatic carbocycles. The van der Waals surface area contributed by atoms with Gasteiger partial charge in [0.1, 0.15) is 23.5 Å². The molecule has 1 heterocycles. The summed E-state index contributed by atoms with van der Waals surface area (Å²) in [6, 6.07) is 11.2. The minimum absolute atomic E-state index is 0.0110. The van der Waals surface area contributed by atoms with Gasteiger partial charge in [-0.3, -0.25) is 19.0 Å². The number of hydrogen-bond donors (Lipinski definition) is 3. The lowest BCUT2D eigenvalue weighted by molar-refractivity contribution is -0.140. The van der Waals surface area contributed by atoms with E-state index in [1.165, 1.54) is 6.07 Å². The molecule has 3 aromatic rings. The molecule has 0 radical (unpaired) electrons. The SMILES string of the molecule is CC[C@H](C)[C@H](NCCc1ccc(-n2c(N)c(C(=O)c3ccc(F)cc3F)ccc2=O)cc1)C(=O)O. The Labute approximate surface area is 201 Å². The highest BCUT2D eigenvalue weighted by Gasteiger charge is 2.22. The molecular formula is C26H27F2N3O4. The van der Waals surface area contributed by atoms with E-state index < -0.39 is 35.0 Å². The van der Waals surface area contributed by atoms with E-state index in [1.807, 2.05) is 13.8 Å². The number of nitrogens with one attached hydrogen (secondary N) is 1. The number of nitrogens with zero attached hydrogens (tertiary/aromatic N) is 1. The second kappa shape index (κ2) is 11.1. The normalized spacial score (nSPS) is 12.8. The van der Waals surface area contributed by atoms with Crippen molar-refractivity contribution < 1.29 is 23.5 Å². The van der Waals surface area contributed by atoms with E-state index in [2.05, 4.69) is 5.32 Å². The summed E-state index contributed by atoms with van der Waals surface area (Å²) >= 11 is 0. The summed E-state index contributed by atoms with van der Waals surface area (Å²) in [5, 5.41) is 12.4. The Morgan fingerprint density at radius 2 is 1.71 bits per heavy atom. The second-order valence-corrected chi connectivity index (χ2v) is 8.33. The summed E-state index contributed by atoms with van der Waals surface area (Å²) < 4.78 is 28.5. The number of halogens is 2. The number of carbonyl (C=O) groups excluding carboxylic acids is 1. The van der Waals surface area contributed by atoms with Crippen molar-refractivity contribution in [1.29, 1.82) is 0 Å². The fraction of sp³-hybridized carbons (Fsp3) is 0.269. The van der Waals surface area contributed by atoms with E-state index in [9.17, 15) is 28.3 Å². The van der Waals surface area contributed by atoms with Gasteiger partial charge in [-0.2, -0.15) is 0 Å². The number of carboxylic acid groups (broad SMARTS) is 1. The van der Waals surface area contributed by atoms with Crippen LogP contribution in [0.3, 0.4) is 0 Å². The fourth-order valence-electron chi connectivity index (χ4n) is 3.78. The van der Waals surface area contributed by atoms with Gasteiger partial charge in [-0.05, 0) is 54.8 Å². The van der Waals surface area contributed by atoms with Gasteiger partial charge in [0.05, 0.1) is 16.8 Å². The summed E-state index contributed by atoms with van der Waals surface area (Å²) in [5.74, 6) is -3.68. The predicted molar refractivity (Wildman–Crippen MR) is 129 cm³/mol. The summed E-state index contributed by atoms with van der Waals surface area (Å²) in [4.78, 5) is 36.8. The minimum atomic E-state index is -1.02. The maximum atomic E-state index is 14.1.